The van der Waals surface area contributed by atoms with Crippen LogP contribution in [-0.4, -0.2) is 68.8 Å². The lowest BCUT2D eigenvalue weighted by Crippen LogP contribution is -2.39. The first-order valence-corrected chi connectivity index (χ1v) is 6.67. The molecule has 0 aromatic rings. The predicted molar refractivity (Wildman–Crippen MR) is 61.3 cm³/mol. The van der Waals surface area contributed by atoms with Gasteiger partial charge in [0, 0.05) is 20.1 Å². The Hall–Kier alpha value is -0.170. The van der Waals surface area contributed by atoms with Gasteiger partial charge in [0.1, 0.15) is 0 Å². The Morgan fingerprint density at radius 2 is 1.73 bits per heavy atom. The van der Waals surface area contributed by atoms with Gasteiger partial charge in [-0.3, -0.25) is 0 Å². The largest absolute Gasteiger partial charge is 0.390 e. The summed E-state index contributed by atoms with van der Waals surface area (Å²) < 4.78 is 24.3. The molecule has 6 heteroatoms. The summed E-state index contributed by atoms with van der Waals surface area (Å²) in [7, 11) is 1.99. The quantitative estimate of drug-likeness (QED) is 0.654. The van der Waals surface area contributed by atoms with Gasteiger partial charge in [0.2, 0.25) is 10.0 Å². The van der Waals surface area contributed by atoms with Gasteiger partial charge in [-0.05, 0) is 20.5 Å². The summed E-state index contributed by atoms with van der Waals surface area (Å²) in [4.78, 5) is 1.82. The molecule has 1 atom stereocenters. The highest BCUT2D eigenvalue weighted by atomic mass is 32.2. The Bertz CT molecular complexity index is 265. The number of rotatable bonds is 7. The van der Waals surface area contributed by atoms with Crippen LogP contribution in [0, 0.1) is 0 Å². The smallest absolute Gasteiger partial charge is 0.213 e. The molecule has 0 aliphatic carbocycles. The van der Waals surface area contributed by atoms with E-state index in [1.165, 1.54) is 11.4 Å². The predicted octanol–water partition coefficient (Wildman–Crippen LogP) is -0.419. The minimum absolute atomic E-state index is 0.137. The fourth-order valence-corrected chi connectivity index (χ4v) is 2.53. The number of aliphatic hydroxyl groups is 1. The highest BCUT2D eigenvalue weighted by Gasteiger charge is 2.19. The van der Waals surface area contributed by atoms with Crippen LogP contribution in [0.4, 0.5) is 0 Å². The molecule has 0 aromatic heterocycles. The summed E-state index contributed by atoms with van der Waals surface area (Å²) in [5, 5.41) is 9.57. The van der Waals surface area contributed by atoms with Crippen molar-refractivity contribution in [1.29, 1.82) is 0 Å². The minimum atomic E-state index is -3.19. The first kappa shape index (κ1) is 14.8. The molecule has 5 nitrogen and oxygen atoms in total. The first-order valence-electron chi connectivity index (χ1n) is 5.06. The number of hydrogen-bond acceptors (Lipinski definition) is 4. The van der Waals surface area contributed by atoms with Gasteiger partial charge in [0.15, 0.2) is 0 Å². The zero-order valence-electron chi connectivity index (χ0n) is 9.97. The molecule has 15 heavy (non-hydrogen) atoms. The Morgan fingerprint density at radius 1 is 1.20 bits per heavy atom. The zero-order valence-corrected chi connectivity index (χ0v) is 10.8. The van der Waals surface area contributed by atoms with Gasteiger partial charge in [-0.1, -0.05) is 6.92 Å². The number of likely N-dealkylation sites (N-methyl/N-ethyl adjacent to an activating group) is 2. The zero-order chi connectivity index (χ0) is 12.1. The van der Waals surface area contributed by atoms with Gasteiger partial charge in [0.25, 0.3) is 0 Å². The van der Waals surface area contributed by atoms with Crippen LogP contribution < -0.4 is 0 Å². The SMILES string of the molecule is CCCS(=O)(=O)N(C)C[C@@H](O)CN(C)C. The normalized spacial score (nSPS) is 14.9. The van der Waals surface area contributed by atoms with Crippen molar-refractivity contribution in [3.8, 4) is 0 Å². The van der Waals surface area contributed by atoms with Gasteiger partial charge in [-0.2, -0.15) is 0 Å². The van der Waals surface area contributed by atoms with Crippen molar-refractivity contribution >= 4 is 10.0 Å². The van der Waals surface area contributed by atoms with Gasteiger partial charge >= 0.3 is 0 Å². The number of sulfonamides is 1. The molecule has 0 aromatic carbocycles. The second kappa shape index (κ2) is 6.42. The molecule has 0 aliphatic heterocycles. The highest BCUT2D eigenvalue weighted by molar-refractivity contribution is 7.89. The monoisotopic (exact) mass is 238 g/mol. The fraction of sp³-hybridized carbons (Fsp3) is 1.00. The standard InChI is InChI=1S/C9H22N2O3S/c1-5-6-15(13,14)11(4)8-9(12)7-10(2)3/h9,12H,5-8H2,1-4H3/t9-/m0/s1. The van der Waals surface area contributed by atoms with E-state index in [4.69, 9.17) is 0 Å². The maximum absolute atomic E-state index is 11.6. The lowest BCUT2D eigenvalue weighted by atomic mass is 10.3. The van der Waals surface area contributed by atoms with Crippen LogP contribution in [0.3, 0.4) is 0 Å². The van der Waals surface area contributed by atoms with E-state index >= 15 is 0 Å². The number of aliphatic hydroxyl groups excluding tert-OH is 1. The fourth-order valence-electron chi connectivity index (χ4n) is 1.30. The Morgan fingerprint density at radius 3 is 2.13 bits per heavy atom. The molecule has 0 rings (SSSR count). The molecule has 0 aliphatic rings. The third kappa shape index (κ3) is 6.09. The van der Waals surface area contributed by atoms with E-state index in [1.54, 1.807) is 0 Å². The summed E-state index contributed by atoms with van der Waals surface area (Å²) in [6.07, 6.45) is -0.0483. The van der Waals surface area contributed by atoms with Gasteiger partial charge in [-0.25, -0.2) is 12.7 Å². The molecular weight excluding hydrogens is 216 g/mol. The summed E-state index contributed by atoms with van der Waals surface area (Å²) in [6, 6.07) is 0. The second-order valence-corrected chi connectivity index (χ2v) is 6.21. The highest BCUT2D eigenvalue weighted by Crippen LogP contribution is 2.02. The molecule has 0 fully saturated rings. The van der Waals surface area contributed by atoms with Crippen molar-refractivity contribution in [2.24, 2.45) is 0 Å². The molecule has 0 heterocycles. The Balaban J connectivity index is 4.18. The summed E-state index contributed by atoms with van der Waals surface area (Å²) >= 11 is 0. The molecule has 0 bridgehead atoms. The van der Waals surface area contributed by atoms with E-state index in [0.717, 1.165) is 0 Å². The van der Waals surface area contributed by atoms with Crippen molar-refractivity contribution in [3.63, 3.8) is 0 Å². The van der Waals surface area contributed by atoms with Crippen LogP contribution in [-0.2, 0) is 10.0 Å². The average molecular weight is 238 g/mol. The van der Waals surface area contributed by atoms with E-state index in [-0.39, 0.29) is 12.3 Å². The molecule has 0 spiro atoms. The van der Waals surface area contributed by atoms with Crippen molar-refractivity contribution in [1.82, 2.24) is 9.21 Å². The van der Waals surface area contributed by atoms with E-state index in [0.29, 0.717) is 13.0 Å². The molecule has 0 amide bonds. The third-order valence-electron chi connectivity index (χ3n) is 1.98. The number of nitrogens with zero attached hydrogens (tertiary/aromatic N) is 2. The maximum atomic E-state index is 11.6. The van der Waals surface area contributed by atoms with E-state index < -0.39 is 16.1 Å². The molecule has 1 N–H and O–H groups in total. The van der Waals surface area contributed by atoms with Gasteiger partial charge in [0.05, 0.1) is 11.9 Å². The van der Waals surface area contributed by atoms with Crippen molar-refractivity contribution in [3.05, 3.63) is 0 Å². The van der Waals surface area contributed by atoms with Crippen LogP contribution >= 0.6 is 0 Å². The summed E-state index contributed by atoms with van der Waals surface area (Å²) in [5.74, 6) is 0.137. The van der Waals surface area contributed by atoms with Crippen LogP contribution in [0.25, 0.3) is 0 Å². The van der Waals surface area contributed by atoms with Gasteiger partial charge in [-0.15, -0.1) is 0 Å². The van der Waals surface area contributed by atoms with E-state index in [9.17, 15) is 13.5 Å². The summed E-state index contributed by atoms with van der Waals surface area (Å²) in [6.45, 7) is 2.44. The van der Waals surface area contributed by atoms with E-state index in [2.05, 4.69) is 0 Å². The molecule has 0 radical (unpaired) electrons. The second-order valence-electron chi connectivity index (χ2n) is 4.01. The minimum Gasteiger partial charge on any atom is -0.390 e. The third-order valence-corrected chi connectivity index (χ3v) is 4.00. The molecule has 92 valence electrons. The van der Waals surface area contributed by atoms with Crippen LogP contribution in [0.15, 0.2) is 0 Å². The molecule has 0 saturated heterocycles. The lowest BCUT2D eigenvalue weighted by molar-refractivity contribution is 0.120. The van der Waals surface area contributed by atoms with Crippen LogP contribution in [0.2, 0.25) is 0 Å². The Kier molecular flexibility index (Phi) is 6.35. The number of hydrogen-bond donors (Lipinski definition) is 1. The summed E-state index contributed by atoms with van der Waals surface area (Å²) in [5.41, 5.74) is 0. The average Bonchev–Trinajstić information content (AvgIpc) is 2.01. The first-order chi connectivity index (χ1) is 6.79. The van der Waals surface area contributed by atoms with Crippen LogP contribution in [0.5, 0.6) is 0 Å². The van der Waals surface area contributed by atoms with Gasteiger partial charge < -0.3 is 10.0 Å². The molecule has 0 saturated carbocycles. The Labute approximate surface area is 92.7 Å². The lowest BCUT2D eigenvalue weighted by Gasteiger charge is -2.22. The van der Waals surface area contributed by atoms with Crippen molar-refractivity contribution in [2.75, 3.05) is 40.0 Å². The topological polar surface area (TPSA) is 60.9 Å². The van der Waals surface area contributed by atoms with Crippen LogP contribution in [0.1, 0.15) is 13.3 Å². The molecular formula is C9H22N2O3S. The molecule has 0 unspecified atom stereocenters. The van der Waals surface area contributed by atoms with E-state index in [1.807, 2.05) is 25.9 Å². The van der Waals surface area contributed by atoms with Crippen molar-refractivity contribution < 1.29 is 13.5 Å². The van der Waals surface area contributed by atoms with Crippen molar-refractivity contribution in [2.45, 2.75) is 19.4 Å². The maximum Gasteiger partial charge on any atom is 0.213 e.